The average Bonchev–Trinajstić information content (AvgIpc) is 2.65. The Hall–Kier alpha value is -1.79. The maximum absolute atomic E-state index is 13.8. The number of hydrogen-bond acceptors (Lipinski definition) is 3. The number of nitrogens with zero attached hydrogens (tertiary/aromatic N) is 1. The van der Waals surface area contributed by atoms with Crippen molar-refractivity contribution in [2.24, 2.45) is 4.99 Å². The minimum Gasteiger partial charge on any atom is -0.357 e. The highest BCUT2D eigenvalue weighted by atomic mass is 127. The van der Waals surface area contributed by atoms with Crippen LogP contribution in [-0.2, 0) is 23.1 Å². The van der Waals surface area contributed by atoms with Gasteiger partial charge in [0.05, 0.1) is 11.4 Å². The van der Waals surface area contributed by atoms with Crippen molar-refractivity contribution < 1.29 is 17.2 Å². The van der Waals surface area contributed by atoms with E-state index in [4.69, 9.17) is 0 Å². The van der Waals surface area contributed by atoms with E-state index in [0.29, 0.717) is 18.1 Å². The first-order valence-corrected chi connectivity index (χ1v) is 11.1. The van der Waals surface area contributed by atoms with Crippen molar-refractivity contribution in [2.45, 2.75) is 51.2 Å². The molecule has 172 valence electrons. The second kappa shape index (κ2) is 11.7. The van der Waals surface area contributed by atoms with Crippen molar-refractivity contribution in [3.05, 3.63) is 65.2 Å². The number of sulfonamides is 1. The summed E-state index contributed by atoms with van der Waals surface area (Å²) in [7, 11) is -3.72. The van der Waals surface area contributed by atoms with E-state index < -0.39 is 27.2 Å². The van der Waals surface area contributed by atoms with E-state index in [1.165, 1.54) is 6.07 Å². The van der Waals surface area contributed by atoms with Gasteiger partial charge in [-0.25, -0.2) is 26.9 Å². The zero-order chi connectivity index (χ0) is 22.4. The van der Waals surface area contributed by atoms with Gasteiger partial charge in [0.25, 0.3) is 0 Å². The highest BCUT2D eigenvalue weighted by Crippen LogP contribution is 2.18. The van der Waals surface area contributed by atoms with Crippen molar-refractivity contribution in [1.82, 2.24) is 15.4 Å². The average molecular weight is 566 g/mol. The molecule has 0 aliphatic carbocycles. The lowest BCUT2D eigenvalue weighted by Gasteiger charge is -2.22. The molecule has 0 spiro atoms. The van der Waals surface area contributed by atoms with E-state index >= 15 is 0 Å². The van der Waals surface area contributed by atoms with Crippen molar-refractivity contribution >= 4 is 40.0 Å². The van der Waals surface area contributed by atoms with E-state index in [-0.39, 0.29) is 47.5 Å². The van der Waals surface area contributed by atoms with Gasteiger partial charge in [-0.3, -0.25) is 0 Å². The van der Waals surface area contributed by atoms with Crippen LogP contribution in [0.4, 0.5) is 8.78 Å². The van der Waals surface area contributed by atoms with Gasteiger partial charge in [-0.1, -0.05) is 18.2 Å². The Morgan fingerprint density at radius 1 is 1.03 bits per heavy atom. The van der Waals surface area contributed by atoms with Gasteiger partial charge in [0.2, 0.25) is 10.0 Å². The van der Waals surface area contributed by atoms with Crippen LogP contribution in [0, 0.1) is 11.6 Å². The van der Waals surface area contributed by atoms with Gasteiger partial charge in [-0.15, -0.1) is 24.0 Å². The molecule has 0 bridgehead atoms. The van der Waals surface area contributed by atoms with E-state index in [1.54, 1.807) is 39.0 Å². The summed E-state index contributed by atoms with van der Waals surface area (Å²) in [5, 5.41) is 6.06. The standard InChI is InChI=1S/C21H28F2N4O2S.HI/c1-5-24-20(26-14-16-12-17(22)10-11-18(16)23)25-13-15-8-6-7-9-19(15)30(28,29)27-21(2,3)4;/h6-12,27H,5,13-14H2,1-4H3,(H2,24,25,26);1H. The molecule has 3 N–H and O–H groups in total. The fraction of sp³-hybridized carbons (Fsp3) is 0.381. The second-order valence-corrected chi connectivity index (χ2v) is 9.40. The molecule has 0 aliphatic heterocycles. The molecule has 2 aromatic rings. The number of benzene rings is 2. The Labute approximate surface area is 200 Å². The summed E-state index contributed by atoms with van der Waals surface area (Å²) in [6, 6.07) is 9.87. The number of halogens is 3. The van der Waals surface area contributed by atoms with Gasteiger partial charge in [0.1, 0.15) is 11.6 Å². The molecule has 6 nitrogen and oxygen atoms in total. The Kier molecular flexibility index (Phi) is 10.3. The zero-order valence-electron chi connectivity index (χ0n) is 18.0. The van der Waals surface area contributed by atoms with Crippen LogP contribution >= 0.6 is 24.0 Å². The van der Waals surface area contributed by atoms with Crippen molar-refractivity contribution in [2.75, 3.05) is 6.54 Å². The first-order chi connectivity index (χ1) is 14.0. The summed E-state index contributed by atoms with van der Waals surface area (Å²) in [6.07, 6.45) is 0. The first-order valence-electron chi connectivity index (χ1n) is 9.60. The molecule has 31 heavy (non-hydrogen) atoms. The molecule has 0 amide bonds. The fourth-order valence-electron chi connectivity index (χ4n) is 2.72. The number of nitrogens with one attached hydrogen (secondary N) is 3. The molecule has 0 atom stereocenters. The van der Waals surface area contributed by atoms with Crippen molar-refractivity contribution in [3.63, 3.8) is 0 Å². The lowest BCUT2D eigenvalue weighted by atomic mass is 10.1. The summed E-state index contributed by atoms with van der Waals surface area (Å²) >= 11 is 0. The highest BCUT2D eigenvalue weighted by Gasteiger charge is 2.24. The predicted molar refractivity (Wildman–Crippen MR) is 130 cm³/mol. The smallest absolute Gasteiger partial charge is 0.241 e. The molecule has 0 aromatic heterocycles. The molecular weight excluding hydrogens is 537 g/mol. The van der Waals surface area contributed by atoms with E-state index in [0.717, 1.165) is 18.2 Å². The Morgan fingerprint density at radius 2 is 1.71 bits per heavy atom. The second-order valence-electron chi connectivity index (χ2n) is 7.75. The van der Waals surface area contributed by atoms with Crippen molar-refractivity contribution in [3.8, 4) is 0 Å². The molecule has 2 rings (SSSR count). The number of rotatable bonds is 7. The number of guanidine groups is 1. The third-order valence-electron chi connectivity index (χ3n) is 3.91. The van der Waals surface area contributed by atoms with Crippen LogP contribution in [0.15, 0.2) is 52.4 Å². The molecule has 0 unspecified atom stereocenters. The molecule has 0 heterocycles. The quantitative estimate of drug-likeness (QED) is 0.270. The number of hydrogen-bond donors (Lipinski definition) is 3. The third-order valence-corrected chi connectivity index (χ3v) is 5.77. The Bertz CT molecular complexity index is 1010. The maximum Gasteiger partial charge on any atom is 0.241 e. The maximum atomic E-state index is 13.8. The van der Waals surface area contributed by atoms with E-state index in [9.17, 15) is 17.2 Å². The Morgan fingerprint density at radius 3 is 2.35 bits per heavy atom. The predicted octanol–water partition coefficient (Wildman–Crippen LogP) is 3.91. The van der Waals surface area contributed by atoms with Crippen LogP contribution in [0.3, 0.4) is 0 Å². The molecule has 0 fully saturated rings. The third kappa shape index (κ3) is 8.69. The monoisotopic (exact) mass is 566 g/mol. The summed E-state index contributed by atoms with van der Waals surface area (Å²) in [5.74, 6) is -0.720. The minimum atomic E-state index is -3.72. The van der Waals surface area contributed by atoms with Gasteiger partial charge < -0.3 is 10.6 Å². The fourth-order valence-corrected chi connectivity index (χ4v) is 4.38. The van der Waals surface area contributed by atoms with Gasteiger partial charge in [0.15, 0.2) is 5.96 Å². The van der Waals surface area contributed by atoms with E-state index in [2.05, 4.69) is 20.3 Å². The molecule has 10 heteroatoms. The molecule has 2 aromatic carbocycles. The molecular formula is C21H29F2IN4O2S. The number of aliphatic imine (C=N–C) groups is 1. The molecule has 0 saturated carbocycles. The lowest BCUT2D eigenvalue weighted by molar-refractivity contribution is 0.491. The summed E-state index contributed by atoms with van der Waals surface area (Å²) in [6.45, 7) is 7.84. The summed E-state index contributed by atoms with van der Waals surface area (Å²) in [4.78, 5) is 4.44. The summed E-state index contributed by atoms with van der Waals surface area (Å²) < 4.78 is 55.3. The van der Waals surface area contributed by atoms with Crippen molar-refractivity contribution in [1.29, 1.82) is 0 Å². The first kappa shape index (κ1) is 27.2. The van der Waals surface area contributed by atoms with Crippen LogP contribution < -0.4 is 15.4 Å². The van der Waals surface area contributed by atoms with Crippen LogP contribution in [0.1, 0.15) is 38.8 Å². The topological polar surface area (TPSA) is 82.6 Å². The minimum absolute atomic E-state index is 0. The lowest BCUT2D eigenvalue weighted by Crippen LogP contribution is -2.41. The van der Waals surface area contributed by atoms with E-state index in [1.807, 2.05) is 6.92 Å². The largest absolute Gasteiger partial charge is 0.357 e. The SMILES string of the molecule is CCNC(=NCc1cc(F)ccc1F)NCc1ccccc1S(=O)(=O)NC(C)(C)C.I. The summed E-state index contributed by atoms with van der Waals surface area (Å²) in [5.41, 5.74) is 0.0616. The molecule has 0 radical (unpaired) electrons. The molecule has 0 aliphatic rings. The molecule has 0 saturated heterocycles. The van der Waals surface area contributed by atoms with Gasteiger partial charge in [-0.05, 0) is 57.5 Å². The normalized spacial score (nSPS) is 12.3. The van der Waals surface area contributed by atoms with Gasteiger partial charge >= 0.3 is 0 Å². The zero-order valence-corrected chi connectivity index (χ0v) is 21.1. The van der Waals surface area contributed by atoms with Gasteiger partial charge in [0, 0.05) is 24.2 Å². The van der Waals surface area contributed by atoms with Crippen LogP contribution in [0.25, 0.3) is 0 Å². The van der Waals surface area contributed by atoms with Gasteiger partial charge in [-0.2, -0.15) is 0 Å². The van der Waals surface area contributed by atoms with Crippen LogP contribution in [-0.4, -0.2) is 26.5 Å². The van der Waals surface area contributed by atoms with Crippen LogP contribution in [0.5, 0.6) is 0 Å². The highest BCUT2D eigenvalue weighted by molar-refractivity contribution is 14.0. The van der Waals surface area contributed by atoms with Crippen LogP contribution in [0.2, 0.25) is 0 Å². The Balaban J connectivity index is 0.00000480.